The van der Waals surface area contributed by atoms with Gasteiger partial charge < -0.3 is 4.90 Å². The van der Waals surface area contributed by atoms with Gasteiger partial charge in [0.1, 0.15) is 0 Å². The molecule has 0 aromatic heterocycles. The van der Waals surface area contributed by atoms with Crippen LogP contribution >= 0.6 is 0 Å². The predicted octanol–water partition coefficient (Wildman–Crippen LogP) is 9.70. The summed E-state index contributed by atoms with van der Waals surface area (Å²) in [7, 11) is 0. The van der Waals surface area contributed by atoms with E-state index in [1.807, 2.05) is 24.3 Å². The van der Waals surface area contributed by atoms with Gasteiger partial charge in [-0.05, 0) is 66.0 Å². The van der Waals surface area contributed by atoms with Gasteiger partial charge in [0.15, 0.2) is 0 Å². The zero-order valence-electron chi connectivity index (χ0n) is 22.6. The van der Waals surface area contributed by atoms with Crippen LogP contribution in [0.15, 0.2) is 164 Å². The molecule has 5 rings (SSSR count). The monoisotopic (exact) mass is 507 g/mol. The molecule has 1 heteroatoms. The summed E-state index contributed by atoms with van der Waals surface area (Å²) in [6.07, 6.45) is 36.4. The molecule has 0 spiro atoms. The molecule has 3 aliphatic rings. The van der Waals surface area contributed by atoms with Gasteiger partial charge in [-0.25, -0.2) is 0 Å². The highest BCUT2D eigenvalue weighted by molar-refractivity contribution is 5.86. The number of hydrogen-bond acceptors (Lipinski definition) is 1. The van der Waals surface area contributed by atoms with Crippen LogP contribution in [0.5, 0.6) is 0 Å². The molecule has 0 fully saturated rings. The van der Waals surface area contributed by atoms with E-state index >= 15 is 0 Å². The second kappa shape index (κ2) is 12.9. The second-order valence-corrected chi connectivity index (χ2v) is 10.1. The van der Waals surface area contributed by atoms with E-state index in [9.17, 15) is 0 Å². The maximum absolute atomic E-state index is 3.75. The molecule has 2 heterocycles. The highest BCUT2D eigenvalue weighted by Crippen LogP contribution is 2.45. The molecule has 2 aromatic carbocycles. The molecule has 1 nitrogen and oxygen atoms in total. The lowest BCUT2D eigenvalue weighted by Crippen LogP contribution is -2.24. The van der Waals surface area contributed by atoms with Gasteiger partial charge in [-0.15, -0.1) is 0 Å². The molecule has 2 unspecified atom stereocenters. The minimum atomic E-state index is 0.402. The van der Waals surface area contributed by atoms with Crippen molar-refractivity contribution in [1.29, 1.82) is 0 Å². The van der Waals surface area contributed by atoms with Gasteiger partial charge in [-0.2, -0.15) is 0 Å². The molecule has 0 amide bonds. The molecular formula is C38H37N. The van der Waals surface area contributed by atoms with Gasteiger partial charge in [0.25, 0.3) is 0 Å². The van der Waals surface area contributed by atoms with Crippen molar-refractivity contribution in [3.05, 3.63) is 175 Å². The zero-order valence-corrected chi connectivity index (χ0v) is 22.6. The molecule has 2 aromatic rings. The topological polar surface area (TPSA) is 3.24 Å². The van der Waals surface area contributed by atoms with Gasteiger partial charge in [-0.3, -0.25) is 0 Å². The van der Waals surface area contributed by atoms with Crippen LogP contribution in [0, 0.1) is 5.92 Å². The van der Waals surface area contributed by atoms with Crippen LogP contribution in [0.3, 0.4) is 0 Å². The zero-order chi connectivity index (χ0) is 26.9. The van der Waals surface area contributed by atoms with Crippen molar-refractivity contribution in [3.8, 4) is 11.1 Å². The molecule has 39 heavy (non-hydrogen) atoms. The van der Waals surface area contributed by atoms with Crippen molar-refractivity contribution < 1.29 is 0 Å². The first-order valence-corrected chi connectivity index (χ1v) is 13.9. The average molecular weight is 508 g/mol. The van der Waals surface area contributed by atoms with E-state index in [1.54, 1.807) is 12.2 Å². The fourth-order valence-corrected chi connectivity index (χ4v) is 5.52. The summed E-state index contributed by atoms with van der Waals surface area (Å²) < 4.78 is 0. The second-order valence-electron chi connectivity index (χ2n) is 10.1. The number of rotatable bonds is 11. The number of nitrogens with zero attached hydrogens (tertiary/aromatic N) is 1. The summed E-state index contributed by atoms with van der Waals surface area (Å²) in [4.78, 5) is 2.54. The molecule has 0 saturated carbocycles. The average Bonchev–Trinajstić information content (AvgIpc) is 3.56. The third-order valence-corrected chi connectivity index (χ3v) is 7.42. The Balaban J connectivity index is 1.35. The third kappa shape index (κ3) is 6.38. The van der Waals surface area contributed by atoms with Crippen molar-refractivity contribution in [3.63, 3.8) is 0 Å². The Hall–Kier alpha value is -4.36. The Kier molecular flexibility index (Phi) is 8.71. The molecule has 2 atom stereocenters. The summed E-state index contributed by atoms with van der Waals surface area (Å²) in [6, 6.07) is 18.2. The van der Waals surface area contributed by atoms with Crippen molar-refractivity contribution in [2.45, 2.75) is 31.7 Å². The summed E-state index contributed by atoms with van der Waals surface area (Å²) in [5, 5.41) is 0. The van der Waals surface area contributed by atoms with Crippen LogP contribution < -0.4 is 0 Å². The lowest BCUT2D eigenvalue weighted by Gasteiger charge is -2.27. The van der Waals surface area contributed by atoms with E-state index in [4.69, 9.17) is 0 Å². The highest BCUT2D eigenvalue weighted by atomic mass is 15.2. The van der Waals surface area contributed by atoms with Crippen LogP contribution in [-0.4, -0.2) is 10.9 Å². The number of hydrogen-bond donors (Lipinski definition) is 0. The Morgan fingerprint density at radius 2 is 1.54 bits per heavy atom. The van der Waals surface area contributed by atoms with Crippen LogP contribution in [0.25, 0.3) is 16.7 Å². The van der Waals surface area contributed by atoms with Crippen LogP contribution in [0.1, 0.15) is 30.4 Å². The number of allylic oxidation sites excluding steroid dienone is 14. The summed E-state index contributed by atoms with van der Waals surface area (Å²) in [5.41, 5.74) is 9.18. The summed E-state index contributed by atoms with van der Waals surface area (Å²) in [5.74, 6) is 0.559. The predicted molar refractivity (Wildman–Crippen MR) is 169 cm³/mol. The minimum Gasteiger partial charge on any atom is -0.334 e. The van der Waals surface area contributed by atoms with Crippen LogP contribution in [-0.2, 0) is 6.42 Å². The number of benzene rings is 2. The lowest BCUT2D eigenvalue weighted by molar-refractivity contribution is 0.429. The number of fused-ring (bicyclic) bond motifs is 2. The van der Waals surface area contributed by atoms with Crippen molar-refractivity contribution in [2.75, 3.05) is 0 Å². The summed E-state index contributed by atoms with van der Waals surface area (Å²) >= 11 is 0. The Bertz CT molecular complexity index is 1430. The summed E-state index contributed by atoms with van der Waals surface area (Å²) in [6.45, 7) is 7.47. The largest absolute Gasteiger partial charge is 0.334 e. The SMILES string of the molecule is C=C/C=C\C=C/Cc1cc(C2=CC3CC=C2N3C2=CCC(C/C=C\C=C/C=C)C=C2)cc(-c2ccccc2)c1. The van der Waals surface area contributed by atoms with Crippen LogP contribution in [0.4, 0.5) is 0 Å². The van der Waals surface area contributed by atoms with Gasteiger partial charge >= 0.3 is 0 Å². The van der Waals surface area contributed by atoms with Crippen LogP contribution in [0.2, 0.25) is 0 Å². The van der Waals surface area contributed by atoms with E-state index in [-0.39, 0.29) is 0 Å². The molecule has 194 valence electrons. The minimum absolute atomic E-state index is 0.402. The molecule has 0 radical (unpaired) electrons. The molecule has 1 aliphatic carbocycles. The molecule has 0 saturated heterocycles. The standard InChI is InChI=1S/C38H37N/c1-3-5-7-9-12-16-30-20-22-35(23-21-30)39-36-24-25-38(39)37(29-36)34-27-31(17-13-10-8-6-4-2)26-33(28-34)32-18-14-11-15-19-32/h3-15,18-20,22-23,25-30,36H,1-2,16-17,21,24H2/b7-5-,8-6-,12-9-,13-10-. The third-order valence-electron chi connectivity index (χ3n) is 7.42. The molecule has 0 N–H and O–H groups in total. The Labute approximate surface area is 234 Å². The van der Waals surface area contributed by atoms with E-state index in [0.717, 1.165) is 25.7 Å². The van der Waals surface area contributed by atoms with Gasteiger partial charge in [0, 0.05) is 17.0 Å². The smallest absolute Gasteiger partial charge is 0.0567 e. The maximum atomic E-state index is 3.75. The van der Waals surface area contributed by atoms with Gasteiger partial charge in [0.05, 0.1) is 6.04 Å². The first-order chi connectivity index (χ1) is 19.3. The fraction of sp³-hybridized carbons (Fsp3) is 0.158. The Morgan fingerprint density at radius 3 is 2.28 bits per heavy atom. The first kappa shape index (κ1) is 26.3. The molecular weight excluding hydrogens is 470 g/mol. The van der Waals surface area contributed by atoms with Crippen molar-refractivity contribution in [1.82, 2.24) is 4.90 Å². The van der Waals surface area contributed by atoms with Crippen molar-refractivity contribution in [2.24, 2.45) is 5.92 Å². The van der Waals surface area contributed by atoms with Gasteiger partial charge in [-0.1, -0.05) is 141 Å². The quantitative estimate of drug-likeness (QED) is 0.274. The molecule has 2 bridgehead atoms. The van der Waals surface area contributed by atoms with E-state index < -0.39 is 0 Å². The fourth-order valence-electron chi connectivity index (χ4n) is 5.52. The highest BCUT2D eigenvalue weighted by Gasteiger charge is 2.36. The molecule has 2 aliphatic heterocycles. The normalized spacial score (nSPS) is 20.4. The Morgan fingerprint density at radius 1 is 0.769 bits per heavy atom. The van der Waals surface area contributed by atoms with E-state index in [2.05, 4.69) is 121 Å². The first-order valence-electron chi connectivity index (χ1n) is 13.9. The van der Waals surface area contributed by atoms with Crippen molar-refractivity contribution >= 4 is 5.57 Å². The maximum Gasteiger partial charge on any atom is 0.0567 e. The lowest BCUT2D eigenvalue weighted by atomic mass is 9.92. The van der Waals surface area contributed by atoms with E-state index in [0.29, 0.717) is 12.0 Å². The van der Waals surface area contributed by atoms with E-state index in [1.165, 1.54) is 39.2 Å². The van der Waals surface area contributed by atoms with Gasteiger partial charge in [0.2, 0.25) is 0 Å².